The first-order chi connectivity index (χ1) is 18.4. The van der Waals surface area contributed by atoms with Gasteiger partial charge in [0.2, 0.25) is 5.82 Å². The van der Waals surface area contributed by atoms with Crippen molar-refractivity contribution in [3.63, 3.8) is 0 Å². The first-order valence-corrected chi connectivity index (χ1v) is 14.1. The molecule has 0 spiro atoms. The van der Waals surface area contributed by atoms with Gasteiger partial charge in [0.15, 0.2) is 11.6 Å². The topological polar surface area (TPSA) is 9.23 Å². The standard InChI is InChI=1S/C34H37F3O/c1-3-20-38-32-19-18-30(33(36)34(32)37)27-14-10-25(11-15-27)28-16-17-29(31(35)21-28)26-12-8-24(9-13-26)23-6-4-22(2)5-7-23/h3,10-11,14-19,21-24,26H,1,4-9,12-13,20H2,2H3. The number of ether oxygens (including phenoxy) is 1. The van der Waals surface area contributed by atoms with Crippen LogP contribution in [0.5, 0.6) is 5.75 Å². The van der Waals surface area contributed by atoms with Gasteiger partial charge in [-0.2, -0.15) is 4.39 Å². The largest absolute Gasteiger partial charge is 0.486 e. The van der Waals surface area contributed by atoms with Crippen molar-refractivity contribution in [2.75, 3.05) is 6.61 Å². The van der Waals surface area contributed by atoms with Crippen molar-refractivity contribution < 1.29 is 17.9 Å². The van der Waals surface area contributed by atoms with Crippen molar-refractivity contribution in [1.29, 1.82) is 0 Å². The zero-order valence-electron chi connectivity index (χ0n) is 22.2. The third kappa shape index (κ3) is 5.70. The highest BCUT2D eigenvalue weighted by molar-refractivity contribution is 5.71. The molecule has 4 heteroatoms. The molecule has 0 radical (unpaired) electrons. The molecule has 5 rings (SSSR count). The van der Waals surface area contributed by atoms with Gasteiger partial charge in [-0.15, -0.1) is 0 Å². The Balaban J connectivity index is 1.25. The average molecular weight is 519 g/mol. The third-order valence-corrected chi connectivity index (χ3v) is 8.87. The van der Waals surface area contributed by atoms with Crippen LogP contribution in [0.15, 0.2) is 67.3 Å². The lowest BCUT2D eigenvalue weighted by Gasteiger charge is -2.37. The van der Waals surface area contributed by atoms with Gasteiger partial charge in [-0.05, 0) is 103 Å². The Kier molecular flexibility index (Phi) is 8.26. The van der Waals surface area contributed by atoms with Gasteiger partial charge in [0.1, 0.15) is 12.4 Å². The van der Waals surface area contributed by atoms with Crippen molar-refractivity contribution in [1.82, 2.24) is 0 Å². The van der Waals surface area contributed by atoms with Crippen LogP contribution >= 0.6 is 0 Å². The first kappa shape index (κ1) is 26.6. The predicted octanol–water partition coefficient (Wildman–Crippen LogP) is 10.1. The molecule has 0 heterocycles. The molecule has 0 aromatic heterocycles. The Bertz CT molecular complexity index is 1250. The highest BCUT2D eigenvalue weighted by Gasteiger charge is 2.31. The summed E-state index contributed by atoms with van der Waals surface area (Å²) in [6, 6.07) is 15.6. The molecule has 2 aliphatic rings. The van der Waals surface area contributed by atoms with Crippen LogP contribution < -0.4 is 4.74 Å². The Labute approximate surface area is 224 Å². The molecule has 0 bridgehead atoms. The van der Waals surface area contributed by atoms with E-state index in [4.69, 9.17) is 4.74 Å². The minimum absolute atomic E-state index is 0.0981. The second-order valence-electron chi connectivity index (χ2n) is 11.3. The summed E-state index contributed by atoms with van der Waals surface area (Å²) in [5.74, 6) is 0.590. The summed E-state index contributed by atoms with van der Waals surface area (Å²) < 4.78 is 49.5. The van der Waals surface area contributed by atoms with E-state index in [0.29, 0.717) is 11.5 Å². The second kappa shape index (κ2) is 11.8. The average Bonchev–Trinajstić information content (AvgIpc) is 2.94. The second-order valence-corrected chi connectivity index (χ2v) is 11.3. The molecule has 0 N–H and O–H groups in total. The van der Waals surface area contributed by atoms with Gasteiger partial charge in [-0.25, -0.2) is 8.78 Å². The van der Waals surface area contributed by atoms with Gasteiger partial charge < -0.3 is 4.74 Å². The predicted molar refractivity (Wildman–Crippen MR) is 149 cm³/mol. The van der Waals surface area contributed by atoms with Crippen LogP contribution in [0.2, 0.25) is 0 Å². The molecule has 0 aliphatic heterocycles. The third-order valence-electron chi connectivity index (χ3n) is 8.87. The Hall–Kier alpha value is -3.01. The lowest BCUT2D eigenvalue weighted by Crippen LogP contribution is -2.25. The maximum absolute atomic E-state index is 15.3. The summed E-state index contributed by atoms with van der Waals surface area (Å²) in [5.41, 5.74) is 3.14. The van der Waals surface area contributed by atoms with E-state index in [2.05, 4.69) is 13.5 Å². The monoisotopic (exact) mass is 518 g/mol. The molecular weight excluding hydrogens is 481 g/mol. The number of hydrogen-bond acceptors (Lipinski definition) is 1. The van der Waals surface area contributed by atoms with Crippen molar-refractivity contribution in [3.05, 3.63) is 90.3 Å². The van der Waals surface area contributed by atoms with Gasteiger partial charge in [0, 0.05) is 5.56 Å². The summed E-state index contributed by atoms with van der Waals surface area (Å²) in [6.45, 7) is 5.98. The van der Waals surface area contributed by atoms with Crippen molar-refractivity contribution in [2.45, 2.75) is 64.2 Å². The molecule has 0 amide bonds. The summed E-state index contributed by atoms with van der Waals surface area (Å²) >= 11 is 0. The summed E-state index contributed by atoms with van der Waals surface area (Å²) in [5, 5.41) is 0. The van der Waals surface area contributed by atoms with E-state index in [1.165, 1.54) is 56.7 Å². The van der Waals surface area contributed by atoms with Crippen LogP contribution in [0, 0.1) is 35.2 Å². The lowest BCUT2D eigenvalue weighted by molar-refractivity contribution is 0.164. The smallest absolute Gasteiger partial charge is 0.201 e. The maximum atomic E-state index is 15.3. The Morgan fingerprint density at radius 2 is 1.34 bits per heavy atom. The molecule has 3 aromatic carbocycles. The van der Waals surface area contributed by atoms with E-state index in [0.717, 1.165) is 47.3 Å². The summed E-state index contributed by atoms with van der Waals surface area (Å²) in [6.07, 6.45) is 11.5. The zero-order valence-corrected chi connectivity index (χ0v) is 22.2. The van der Waals surface area contributed by atoms with Crippen molar-refractivity contribution >= 4 is 0 Å². The number of hydrogen-bond donors (Lipinski definition) is 0. The number of halogens is 3. The molecule has 0 unspecified atom stereocenters. The Morgan fingerprint density at radius 1 is 0.737 bits per heavy atom. The quantitative estimate of drug-likeness (QED) is 0.283. The van der Waals surface area contributed by atoms with Crippen LogP contribution in [-0.4, -0.2) is 6.61 Å². The number of benzene rings is 3. The minimum atomic E-state index is -1.02. The molecule has 2 aliphatic carbocycles. The Morgan fingerprint density at radius 3 is 1.97 bits per heavy atom. The van der Waals surface area contributed by atoms with Crippen LogP contribution in [-0.2, 0) is 0 Å². The van der Waals surface area contributed by atoms with Crippen LogP contribution in [0.4, 0.5) is 13.2 Å². The molecule has 3 aromatic rings. The number of rotatable bonds is 7. The SMILES string of the molecule is C=CCOc1ccc(-c2ccc(-c3ccc(C4CCC(C5CCC(C)CC5)CC4)c(F)c3)cc2)c(F)c1F. The van der Waals surface area contributed by atoms with E-state index in [-0.39, 0.29) is 23.7 Å². The van der Waals surface area contributed by atoms with E-state index in [1.54, 1.807) is 18.2 Å². The van der Waals surface area contributed by atoms with Gasteiger partial charge in [0.25, 0.3) is 0 Å². The van der Waals surface area contributed by atoms with Gasteiger partial charge >= 0.3 is 0 Å². The molecule has 2 saturated carbocycles. The molecule has 0 saturated heterocycles. The highest BCUT2D eigenvalue weighted by atomic mass is 19.2. The van der Waals surface area contributed by atoms with Crippen LogP contribution in [0.3, 0.4) is 0 Å². The lowest BCUT2D eigenvalue weighted by atomic mass is 9.68. The van der Waals surface area contributed by atoms with Crippen molar-refractivity contribution in [2.24, 2.45) is 17.8 Å². The summed E-state index contributed by atoms with van der Waals surface area (Å²) in [7, 11) is 0. The van der Waals surface area contributed by atoms with Gasteiger partial charge in [-0.3, -0.25) is 0 Å². The summed E-state index contributed by atoms with van der Waals surface area (Å²) in [4.78, 5) is 0. The van der Waals surface area contributed by atoms with E-state index in [1.807, 2.05) is 24.3 Å². The van der Waals surface area contributed by atoms with Gasteiger partial charge in [0.05, 0.1) is 0 Å². The van der Waals surface area contributed by atoms with E-state index >= 15 is 4.39 Å². The molecule has 1 nitrogen and oxygen atoms in total. The van der Waals surface area contributed by atoms with E-state index < -0.39 is 11.6 Å². The fourth-order valence-corrected chi connectivity index (χ4v) is 6.55. The maximum Gasteiger partial charge on any atom is 0.201 e. The van der Waals surface area contributed by atoms with Gasteiger partial charge in [-0.1, -0.05) is 68.8 Å². The van der Waals surface area contributed by atoms with Crippen LogP contribution in [0.1, 0.15) is 69.8 Å². The zero-order chi connectivity index (χ0) is 26.6. The fourth-order valence-electron chi connectivity index (χ4n) is 6.55. The molecule has 0 atom stereocenters. The van der Waals surface area contributed by atoms with Crippen LogP contribution in [0.25, 0.3) is 22.3 Å². The molecule has 38 heavy (non-hydrogen) atoms. The van der Waals surface area contributed by atoms with Crippen molar-refractivity contribution in [3.8, 4) is 28.0 Å². The fraction of sp³-hybridized carbons (Fsp3) is 0.412. The molecular formula is C34H37F3O. The minimum Gasteiger partial charge on any atom is -0.486 e. The normalized spacial score (nSPS) is 23.7. The molecule has 200 valence electrons. The molecule has 2 fully saturated rings. The van der Waals surface area contributed by atoms with E-state index in [9.17, 15) is 8.78 Å². The first-order valence-electron chi connectivity index (χ1n) is 14.1. The highest BCUT2D eigenvalue weighted by Crippen LogP contribution is 2.44.